The van der Waals surface area contributed by atoms with Crippen LogP contribution in [0, 0.1) is 39.9 Å². The fourth-order valence-electron chi connectivity index (χ4n) is 1.73. The number of rotatable bonds is 5. The molecule has 0 saturated carbocycles. The Hall–Kier alpha value is -2.85. The third-order valence-electron chi connectivity index (χ3n) is 2.80. The van der Waals surface area contributed by atoms with Crippen molar-refractivity contribution in [3.63, 3.8) is 0 Å². The Labute approximate surface area is 117 Å². The van der Waals surface area contributed by atoms with Gasteiger partial charge in [-0.2, -0.15) is 15.8 Å². The highest BCUT2D eigenvalue weighted by molar-refractivity contribution is 5.76. The van der Waals surface area contributed by atoms with Crippen molar-refractivity contribution in [2.75, 3.05) is 13.1 Å². The Bertz CT molecular complexity index is 612. The Morgan fingerprint density at radius 3 is 2.65 bits per heavy atom. The third-order valence-corrected chi connectivity index (χ3v) is 2.80. The van der Waals surface area contributed by atoms with Crippen LogP contribution in [0.5, 0.6) is 0 Å². The summed E-state index contributed by atoms with van der Waals surface area (Å²) in [5, 5.41) is 26.6. The fourth-order valence-corrected chi connectivity index (χ4v) is 1.73. The molecular formula is C13H14N6O. The van der Waals surface area contributed by atoms with Crippen LogP contribution in [0.1, 0.15) is 25.2 Å². The molecule has 1 aromatic rings. The van der Waals surface area contributed by atoms with E-state index in [1.54, 1.807) is 17.9 Å². The monoisotopic (exact) mass is 270 g/mol. The molecule has 0 aliphatic rings. The Morgan fingerprint density at radius 2 is 2.15 bits per heavy atom. The van der Waals surface area contributed by atoms with E-state index < -0.39 is 0 Å². The van der Waals surface area contributed by atoms with Gasteiger partial charge in [0.2, 0.25) is 5.91 Å². The summed E-state index contributed by atoms with van der Waals surface area (Å²) in [6.07, 6.45) is 1.30. The normalized spacial score (nSPS) is 10.9. The standard InChI is InChI=1S/C13H14N6O/c1-3-18(7-10(2)4-14)13(20)8-19-9-17-11(5-15)12(19)6-16/h9-10H,3,7-8H2,1-2H3. The number of hydrogen-bond donors (Lipinski definition) is 0. The summed E-state index contributed by atoms with van der Waals surface area (Å²) in [6.45, 7) is 4.31. The maximum absolute atomic E-state index is 12.1. The van der Waals surface area contributed by atoms with Crippen molar-refractivity contribution in [2.45, 2.75) is 20.4 Å². The van der Waals surface area contributed by atoms with Crippen molar-refractivity contribution >= 4 is 5.91 Å². The zero-order chi connectivity index (χ0) is 15.1. The van der Waals surface area contributed by atoms with Gasteiger partial charge < -0.3 is 9.47 Å². The topological polar surface area (TPSA) is 110 Å². The predicted molar refractivity (Wildman–Crippen MR) is 68.7 cm³/mol. The van der Waals surface area contributed by atoms with Crippen molar-refractivity contribution in [3.05, 3.63) is 17.7 Å². The molecule has 0 bridgehead atoms. The van der Waals surface area contributed by atoms with E-state index in [0.29, 0.717) is 13.1 Å². The van der Waals surface area contributed by atoms with Gasteiger partial charge in [-0.15, -0.1) is 0 Å². The SMILES string of the molecule is CCN(CC(C)C#N)C(=O)Cn1cnc(C#N)c1C#N. The summed E-state index contributed by atoms with van der Waals surface area (Å²) < 4.78 is 1.35. The van der Waals surface area contributed by atoms with Crippen molar-refractivity contribution in [3.8, 4) is 18.2 Å². The molecule has 1 amide bonds. The number of amides is 1. The third kappa shape index (κ3) is 3.34. The van der Waals surface area contributed by atoms with Crippen LogP contribution in [0.4, 0.5) is 0 Å². The Kier molecular flexibility index (Phi) is 5.26. The van der Waals surface area contributed by atoms with Crippen LogP contribution < -0.4 is 0 Å². The summed E-state index contributed by atoms with van der Waals surface area (Å²) in [5.41, 5.74) is 0.0824. The van der Waals surface area contributed by atoms with Crippen molar-refractivity contribution < 1.29 is 4.79 Å². The van der Waals surface area contributed by atoms with Crippen LogP contribution >= 0.6 is 0 Å². The molecule has 7 nitrogen and oxygen atoms in total. The second kappa shape index (κ2) is 6.92. The molecule has 102 valence electrons. The summed E-state index contributed by atoms with van der Waals surface area (Å²) in [7, 11) is 0. The number of nitrogens with zero attached hydrogens (tertiary/aromatic N) is 6. The molecule has 0 saturated heterocycles. The zero-order valence-electron chi connectivity index (χ0n) is 11.4. The zero-order valence-corrected chi connectivity index (χ0v) is 11.4. The number of nitriles is 3. The largest absolute Gasteiger partial charge is 0.340 e. The Morgan fingerprint density at radius 1 is 1.45 bits per heavy atom. The van der Waals surface area contributed by atoms with Crippen molar-refractivity contribution in [1.82, 2.24) is 14.5 Å². The summed E-state index contributed by atoms with van der Waals surface area (Å²) in [4.78, 5) is 17.5. The second-order valence-corrected chi connectivity index (χ2v) is 4.26. The minimum Gasteiger partial charge on any atom is -0.340 e. The second-order valence-electron chi connectivity index (χ2n) is 4.26. The number of hydrogen-bond acceptors (Lipinski definition) is 5. The minimum absolute atomic E-state index is 0.00809. The number of imidazole rings is 1. The fraction of sp³-hybridized carbons (Fsp3) is 0.462. The molecule has 0 N–H and O–H groups in total. The van der Waals surface area contributed by atoms with E-state index >= 15 is 0 Å². The van der Waals surface area contributed by atoms with Gasteiger partial charge in [0.25, 0.3) is 0 Å². The van der Waals surface area contributed by atoms with Crippen LogP contribution in [-0.4, -0.2) is 33.4 Å². The van der Waals surface area contributed by atoms with E-state index in [2.05, 4.69) is 11.1 Å². The molecule has 0 radical (unpaired) electrons. The van der Waals surface area contributed by atoms with Gasteiger partial charge in [-0.1, -0.05) is 0 Å². The first-order chi connectivity index (χ1) is 9.57. The van der Waals surface area contributed by atoms with Crippen LogP contribution in [-0.2, 0) is 11.3 Å². The van der Waals surface area contributed by atoms with E-state index in [4.69, 9.17) is 15.8 Å². The molecule has 20 heavy (non-hydrogen) atoms. The first-order valence-electron chi connectivity index (χ1n) is 6.10. The minimum atomic E-state index is -0.258. The molecule has 1 rings (SSSR count). The molecule has 1 atom stereocenters. The average Bonchev–Trinajstić information content (AvgIpc) is 2.85. The molecule has 7 heteroatoms. The van der Waals surface area contributed by atoms with Crippen LogP contribution in [0.3, 0.4) is 0 Å². The lowest BCUT2D eigenvalue weighted by molar-refractivity contribution is -0.132. The number of likely N-dealkylation sites (N-methyl/N-ethyl adjacent to an activating group) is 1. The van der Waals surface area contributed by atoms with Crippen molar-refractivity contribution in [2.24, 2.45) is 5.92 Å². The van der Waals surface area contributed by atoms with Crippen LogP contribution in [0.15, 0.2) is 6.33 Å². The molecule has 0 spiro atoms. The molecule has 1 unspecified atom stereocenters. The van der Waals surface area contributed by atoms with Gasteiger partial charge >= 0.3 is 0 Å². The molecule has 1 heterocycles. The van der Waals surface area contributed by atoms with E-state index in [0.717, 1.165) is 0 Å². The lowest BCUT2D eigenvalue weighted by atomic mass is 10.2. The lowest BCUT2D eigenvalue weighted by Gasteiger charge is -2.22. The number of carbonyl (C=O) groups is 1. The number of aromatic nitrogens is 2. The Balaban J connectivity index is 2.85. The van der Waals surface area contributed by atoms with Crippen LogP contribution in [0.2, 0.25) is 0 Å². The van der Waals surface area contributed by atoms with Gasteiger partial charge in [0.15, 0.2) is 11.4 Å². The summed E-state index contributed by atoms with van der Waals surface area (Å²) in [5.74, 6) is -0.472. The van der Waals surface area contributed by atoms with E-state index in [-0.39, 0.29) is 29.8 Å². The van der Waals surface area contributed by atoms with Crippen molar-refractivity contribution in [1.29, 1.82) is 15.8 Å². The van der Waals surface area contributed by atoms with Gasteiger partial charge in [0, 0.05) is 13.1 Å². The van der Waals surface area contributed by atoms with Crippen LogP contribution in [0.25, 0.3) is 0 Å². The predicted octanol–water partition coefficient (Wildman–Crippen LogP) is 0.635. The maximum Gasteiger partial charge on any atom is 0.242 e. The molecule has 0 aliphatic heterocycles. The highest BCUT2D eigenvalue weighted by Gasteiger charge is 2.18. The quantitative estimate of drug-likeness (QED) is 0.779. The summed E-state index contributed by atoms with van der Waals surface area (Å²) in [6, 6.07) is 5.74. The average molecular weight is 270 g/mol. The van der Waals surface area contributed by atoms with E-state index in [1.165, 1.54) is 10.9 Å². The highest BCUT2D eigenvalue weighted by Crippen LogP contribution is 2.07. The first kappa shape index (κ1) is 15.2. The van der Waals surface area contributed by atoms with E-state index in [1.807, 2.05) is 13.0 Å². The molecule has 0 aromatic carbocycles. The first-order valence-corrected chi connectivity index (χ1v) is 6.10. The smallest absolute Gasteiger partial charge is 0.242 e. The summed E-state index contributed by atoms with van der Waals surface area (Å²) >= 11 is 0. The molecule has 0 aliphatic carbocycles. The molecular weight excluding hydrogens is 256 g/mol. The van der Waals surface area contributed by atoms with Gasteiger partial charge in [0.1, 0.15) is 18.7 Å². The van der Waals surface area contributed by atoms with Gasteiger partial charge in [0.05, 0.1) is 18.3 Å². The highest BCUT2D eigenvalue weighted by atomic mass is 16.2. The lowest BCUT2D eigenvalue weighted by Crippen LogP contribution is -2.36. The van der Waals surface area contributed by atoms with E-state index in [9.17, 15) is 4.79 Å². The molecule has 0 fully saturated rings. The van der Waals surface area contributed by atoms with Gasteiger partial charge in [-0.3, -0.25) is 4.79 Å². The van der Waals surface area contributed by atoms with Gasteiger partial charge in [-0.05, 0) is 13.8 Å². The molecule has 1 aromatic heterocycles. The van der Waals surface area contributed by atoms with Gasteiger partial charge in [-0.25, -0.2) is 4.98 Å². The maximum atomic E-state index is 12.1. The number of carbonyl (C=O) groups excluding carboxylic acids is 1.